The Bertz CT molecular complexity index is 1370. The van der Waals surface area contributed by atoms with Crippen molar-refractivity contribution in [2.75, 3.05) is 56.2 Å². The van der Waals surface area contributed by atoms with Gasteiger partial charge in [0.15, 0.2) is 11.5 Å². The molecule has 1 saturated heterocycles. The summed E-state index contributed by atoms with van der Waals surface area (Å²) in [6.45, 7) is 2.65. The molecule has 0 unspecified atom stereocenters. The third-order valence-corrected chi connectivity index (χ3v) is 5.74. The van der Waals surface area contributed by atoms with E-state index in [0.29, 0.717) is 55.6 Å². The van der Waals surface area contributed by atoms with E-state index >= 15 is 0 Å². The number of morpholine rings is 1. The van der Waals surface area contributed by atoms with Gasteiger partial charge in [-0.2, -0.15) is 20.1 Å². The van der Waals surface area contributed by atoms with Gasteiger partial charge in [-0.15, -0.1) is 0 Å². The molecular formula is C26H27N7O3. The van der Waals surface area contributed by atoms with Crippen molar-refractivity contribution < 1.29 is 14.2 Å². The fourth-order valence-electron chi connectivity index (χ4n) is 3.93. The van der Waals surface area contributed by atoms with Crippen molar-refractivity contribution in [2.24, 2.45) is 5.10 Å². The molecule has 1 fully saturated rings. The Kier molecular flexibility index (Phi) is 7.04. The van der Waals surface area contributed by atoms with Gasteiger partial charge in [0.05, 0.1) is 33.6 Å². The van der Waals surface area contributed by atoms with Crippen LogP contribution >= 0.6 is 0 Å². The predicted octanol–water partition coefficient (Wildman–Crippen LogP) is 4.07. The van der Waals surface area contributed by atoms with Gasteiger partial charge >= 0.3 is 0 Å². The van der Waals surface area contributed by atoms with E-state index in [-0.39, 0.29) is 0 Å². The van der Waals surface area contributed by atoms with Gasteiger partial charge in [-0.25, -0.2) is 5.43 Å². The summed E-state index contributed by atoms with van der Waals surface area (Å²) in [6.07, 6.45) is 1.66. The third kappa shape index (κ3) is 5.28. The average molecular weight is 486 g/mol. The highest BCUT2D eigenvalue weighted by atomic mass is 16.5. The Morgan fingerprint density at radius 2 is 1.67 bits per heavy atom. The topological polar surface area (TPSA) is 106 Å². The molecule has 0 bridgehead atoms. The largest absolute Gasteiger partial charge is 0.493 e. The molecule has 10 nitrogen and oxygen atoms in total. The van der Waals surface area contributed by atoms with Gasteiger partial charge in [-0.1, -0.05) is 36.4 Å². The summed E-state index contributed by atoms with van der Waals surface area (Å²) in [6, 6.07) is 19.8. The number of benzene rings is 3. The number of hydrogen-bond donors (Lipinski definition) is 2. The molecule has 5 rings (SSSR count). The first-order chi connectivity index (χ1) is 17.7. The van der Waals surface area contributed by atoms with Crippen molar-refractivity contribution in [2.45, 2.75) is 0 Å². The zero-order chi connectivity index (χ0) is 24.7. The van der Waals surface area contributed by atoms with E-state index in [4.69, 9.17) is 14.2 Å². The lowest BCUT2D eigenvalue weighted by Gasteiger charge is -2.27. The number of anilines is 4. The SMILES string of the molecule is COc1ccc(/C=N\Nc2nc(Nc3cccc4ccccc34)nc(N3CCOCC3)n2)cc1OC. The number of nitrogens with one attached hydrogen (secondary N) is 2. The Morgan fingerprint density at radius 3 is 2.50 bits per heavy atom. The number of hydrazone groups is 1. The molecule has 184 valence electrons. The van der Waals surface area contributed by atoms with Crippen LogP contribution in [-0.4, -0.2) is 61.7 Å². The Morgan fingerprint density at radius 1 is 0.889 bits per heavy atom. The van der Waals surface area contributed by atoms with Gasteiger partial charge in [-0.3, -0.25) is 0 Å². The first-order valence-electron chi connectivity index (χ1n) is 11.6. The van der Waals surface area contributed by atoms with Crippen LogP contribution in [-0.2, 0) is 4.74 Å². The van der Waals surface area contributed by atoms with E-state index in [0.717, 1.165) is 22.0 Å². The van der Waals surface area contributed by atoms with Gasteiger partial charge in [-0.05, 0) is 35.2 Å². The van der Waals surface area contributed by atoms with Crippen molar-refractivity contribution in [1.82, 2.24) is 15.0 Å². The third-order valence-electron chi connectivity index (χ3n) is 5.74. The van der Waals surface area contributed by atoms with Gasteiger partial charge in [0.1, 0.15) is 0 Å². The number of methoxy groups -OCH3 is 2. The van der Waals surface area contributed by atoms with Crippen LogP contribution in [0.25, 0.3) is 10.8 Å². The molecule has 0 radical (unpaired) electrons. The summed E-state index contributed by atoms with van der Waals surface area (Å²) in [5, 5.41) is 9.90. The monoisotopic (exact) mass is 485 g/mol. The number of ether oxygens (including phenoxy) is 3. The molecular weight excluding hydrogens is 458 g/mol. The van der Waals surface area contributed by atoms with Crippen molar-refractivity contribution in [3.8, 4) is 11.5 Å². The Balaban J connectivity index is 1.42. The lowest BCUT2D eigenvalue weighted by Crippen LogP contribution is -2.37. The molecule has 1 aliphatic rings. The van der Waals surface area contributed by atoms with Crippen molar-refractivity contribution in [3.63, 3.8) is 0 Å². The van der Waals surface area contributed by atoms with Crippen LogP contribution in [0.4, 0.5) is 23.5 Å². The van der Waals surface area contributed by atoms with Crippen LogP contribution in [0.1, 0.15) is 5.56 Å². The van der Waals surface area contributed by atoms with E-state index in [9.17, 15) is 0 Å². The molecule has 2 heterocycles. The number of fused-ring (bicyclic) bond motifs is 1. The normalized spacial score (nSPS) is 13.7. The molecule has 0 amide bonds. The maximum absolute atomic E-state index is 5.49. The molecule has 1 aromatic heterocycles. The van der Waals surface area contributed by atoms with E-state index in [2.05, 4.69) is 53.9 Å². The van der Waals surface area contributed by atoms with Crippen LogP contribution in [0.5, 0.6) is 11.5 Å². The molecule has 3 aromatic carbocycles. The van der Waals surface area contributed by atoms with Crippen molar-refractivity contribution in [3.05, 3.63) is 66.2 Å². The standard InChI is InChI=1S/C26H27N7O3/c1-34-22-11-10-18(16-23(22)35-2)17-27-32-25-29-24(30-26(31-25)33-12-14-36-15-13-33)28-21-9-5-7-19-6-3-4-8-20(19)21/h3-11,16-17H,12-15H2,1-2H3,(H2,28,29,30,31,32)/b27-17-. The molecule has 4 aromatic rings. The minimum Gasteiger partial charge on any atom is -0.493 e. The Labute approximate surface area is 209 Å². The maximum Gasteiger partial charge on any atom is 0.250 e. The molecule has 0 saturated carbocycles. The summed E-state index contributed by atoms with van der Waals surface area (Å²) in [5.74, 6) is 2.58. The Hall–Kier alpha value is -4.44. The van der Waals surface area contributed by atoms with Crippen LogP contribution < -0.4 is 25.1 Å². The smallest absolute Gasteiger partial charge is 0.250 e. The first-order valence-corrected chi connectivity index (χ1v) is 11.6. The number of aromatic nitrogens is 3. The minimum atomic E-state index is 0.325. The summed E-state index contributed by atoms with van der Waals surface area (Å²) >= 11 is 0. The van der Waals surface area contributed by atoms with Gasteiger partial charge in [0.25, 0.3) is 0 Å². The van der Waals surface area contributed by atoms with Crippen LogP contribution in [0, 0.1) is 0 Å². The highest BCUT2D eigenvalue weighted by Crippen LogP contribution is 2.28. The van der Waals surface area contributed by atoms with Crippen LogP contribution in [0.2, 0.25) is 0 Å². The summed E-state index contributed by atoms with van der Waals surface area (Å²) < 4.78 is 16.1. The second kappa shape index (κ2) is 10.9. The fraction of sp³-hybridized carbons (Fsp3) is 0.231. The second-order valence-electron chi connectivity index (χ2n) is 8.02. The predicted molar refractivity (Wildman–Crippen MR) is 141 cm³/mol. The first kappa shape index (κ1) is 23.3. The molecule has 0 spiro atoms. The molecule has 0 aliphatic carbocycles. The van der Waals surface area contributed by atoms with E-state index in [1.165, 1.54) is 0 Å². The van der Waals surface area contributed by atoms with E-state index in [1.54, 1.807) is 20.4 Å². The molecule has 36 heavy (non-hydrogen) atoms. The van der Waals surface area contributed by atoms with Crippen molar-refractivity contribution >= 4 is 40.5 Å². The molecule has 0 atom stereocenters. The molecule has 1 aliphatic heterocycles. The second-order valence-corrected chi connectivity index (χ2v) is 8.02. The maximum atomic E-state index is 5.49. The summed E-state index contributed by atoms with van der Waals surface area (Å²) in [7, 11) is 3.20. The molecule has 10 heteroatoms. The molecule has 2 N–H and O–H groups in total. The zero-order valence-electron chi connectivity index (χ0n) is 20.1. The van der Waals surface area contributed by atoms with Crippen molar-refractivity contribution in [1.29, 1.82) is 0 Å². The fourth-order valence-corrected chi connectivity index (χ4v) is 3.93. The van der Waals surface area contributed by atoms with E-state index in [1.807, 2.05) is 42.5 Å². The lowest BCUT2D eigenvalue weighted by atomic mass is 10.1. The number of rotatable bonds is 8. The van der Waals surface area contributed by atoms with Crippen LogP contribution in [0.3, 0.4) is 0 Å². The average Bonchev–Trinajstić information content (AvgIpc) is 2.93. The highest BCUT2D eigenvalue weighted by Gasteiger charge is 2.17. The van der Waals surface area contributed by atoms with Gasteiger partial charge < -0.3 is 24.4 Å². The number of nitrogens with zero attached hydrogens (tertiary/aromatic N) is 5. The summed E-state index contributed by atoms with van der Waals surface area (Å²) in [5.41, 5.74) is 4.68. The lowest BCUT2D eigenvalue weighted by molar-refractivity contribution is 0.122. The highest BCUT2D eigenvalue weighted by molar-refractivity contribution is 5.95. The minimum absolute atomic E-state index is 0.325. The van der Waals surface area contributed by atoms with Gasteiger partial charge in [0.2, 0.25) is 17.8 Å². The number of hydrogen-bond acceptors (Lipinski definition) is 10. The summed E-state index contributed by atoms with van der Waals surface area (Å²) in [4.78, 5) is 15.9. The van der Waals surface area contributed by atoms with Gasteiger partial charge in [0, 0.05) is 24.2 Å². The van der Waals surface area contributed by atoms with E-state index < -0.39 is 0 Å². The van der Waals surface area contributed by atoms with Crippen LogP contribution in [0.15, 0.2) is 65.8 Å². The zero-order valence-corrected chi connectivity index (χ0v) is 20.1. The quantitative estimate of drug-likeness (QED) is 0.282.